The van der Waals surface area contributed by atoms with Gasteiger partial charge in [-0.25, -0.2) is 0 Å². The van der Waals surface area contributed by atoms with Gasteiger partial charge in [-0.15, -0.1) is 0 Å². The van der Waals surface area contributed by atoms with Crippen LogP contribution in [0.15, 0.2) is 0 Å². The first-order valence-corrected chi connectivity index (χ1v) is 6.62. The first-order valence-electron chi connectivity index (χ1n) is 6.62. The number of hydrogen-bond acceptors (Lipinski definition) is 1. The minimum atomic E-state index is 0.375. The van der Waals surface area contributed by atoms with Crippen molar-refractivity contribution in [1.29, 1.82) is 0 Å². The van der Waals surface area contributed by atoms with E-state index in [1.165, 1.54) is 63.0 Å². The summed E-state index contributed by atoms with van der Waals surface area (Å²) >= 11 is 0. The number of rotatable bonds is 0. The molecule has 0 N–H and O–H groups in total. The van der Waals surface area contributed by atoms with Crippen LogP contribution in [0.3, 0.4) is 0 Å². The molecule has 1 spiro atoms. The fourth-order valence-electron chi connectivity index (χ4n) is 3.19. The molecule has 88 valence electrons. The fraction of sp³-hybridized carbons (Fsp3) is 1.00. The third-order valence-electron chi connectivity index (χ3n) is 4.40. The number of piperidine rings is 1. The maximum Gasteiger partial charge on any atom is 0.0916 e. The standard InChI is InChI=1S/C13H27N2/c1-13(2,3)14-7-11-15(12-8-14)9-5-4-6-10-15/h4-12H2,1-3H3/q+1. The Labute approximate surface area is 94.8 Å². The minimum Gasteiger partial charge on any atom is -0.321 e. The molecule has 2 aliphatic rings. The van der Waals surface area contributed by atoms with E-state index >= 15 is 0 Å². The second-order valence-corrected chi connectivity index (χ2v) is 6.45. The van der Waals surface area contributed by atoms with E-state index in [-0.39, 0.29) is 0 Å². The van der Waals surface area contributed by atoms with E-state index in [2.05, 4.69) is 25.7 Å². The Bertz CT molecular complexity index is 201. The summed E-state index contributed by atoms with van der Waals surface area (Å²) in [5, 5.41) is 0. The van der Waals surface area contributed by atoms with Crippen molar-refractivity contribution in [2.45, 2.75) is 45.6 Å². The molecule has 2 rings (SSSR count). The van der Waals surface area contributed by atoms with Crippen molar-refractivity contribution in [2.24, 2.45) is 0 Å². The summed E-state index contributed by atoms with van der Waals surface area (Å²) in [4.78, 5) is 2.66. The lowest BCUT2D eigenvalue weighted by Crippen LogP contribution is -2.63. The average Bonchev–Trinajstić information content (AvgIpc) is 2.18. The molecule has 0 radical (unpaired) electrons. The molecule has 15 heavy (non-hydrogen) atoms. The normalized spacial score (nSPS) is 28.2. The summed E-state index contributed by atoms with van der Waals surface area (Å²) in [6.45, 7) is 15.4. The smallest absolute Gasteiger partial charge is 0.0916 e. The molecule has 0 bridgehead atoms. The van der Waals surface area contributed by atoms with Crippen LogP contribution in [0.4, 0.5) is 0 Å². The summed E-state index contributed by atoms with van der Waals surface area (Å²) in [6.07, 6.45) is 4.41. The van der Waals surface area contributed by atoms with E-state index in [4.69, 9.17) is 0 Å². The van der Waals surface area contributed by atoms with Gasteiger partial charge in [0.2, 0.25) is 0 Å². The maximum absolute atomic E-state index is 2.66. The molecule has 2 heterocycles. The van der Waals surface area contributed by atoms with Gasteiger partial charge in [0.1, 0.15) is 0 Å². The van der Waals surface area contributed by atoms with E-state index in [1.54, 1.807) is 0 Å². The lowest BCUT2D eigenvalue weighted by molar-refractivity contribution is -0.936. The van der Waals surface area contributed by atoms with Crippen LogP contribution in [-0.2, 0) is 0 Å². The second kappa shape index (κ2) is 4.06. The number of hydrogen-bond donors (Lipinski definition) is 0. The van der Waals surface area contributed by atoms with Gasteiger partial charge in [0.25, 0.3) is 0 Å². The van der Waals surface area contributed by atoms with Crippen molar-refractivity contribution >= 4 is 0 Å². The highest BCUT2D eigenvalue weighted by Crippen LogP contribution is 2.24. The van der Waals surface area contributed by atoms with Crippen LogP contribution < -0.4 is 0 Å². The van der Waals surface area contributed by atoms with Gasteiger partial charge < -0.3 is 4.48 Å². The van der Waals surface area contributed by atoms with Crippen LogP contribution in [-0.4, -0.2) is 54.2 Å². The van der Waals surface area contributed by atoms with Gasteiger partial charge in [-0.05, 0) is 40.0 Å². The van der Waals surface area contributed by atoms with Gasteiger partial charge in [0.05, 0.1) is 26.2 Å². The summed E-state index contributed by atoms with van der Waals surface area (Å²) in [7, 11) is 0. The van der Waals surface area contributed by atoms with E-state index in [1.807, 2.05) is 0 Å². The lowest BCUT2D eigenvalue weighted by atomic mass is 10.0. The van der Waals surface area contributed by atoms with Gasteiger partial charge in [0, 0.05) is 18.6 Å². The summed E-state index contributed by atoms with van der Waals surface area (Å²) in [6, 6.07) is 0. The van der Waals surface area contributed by atoms with Crippen molar-refractivity contribution in [1.82, 2.24) is 4.90 Å². The third kappa shape index (κ3) is 2.54. The Hall–Kier alpha value is -0.0800. The molecule has 0 amide bonds. The van der Waals surface area contributed by atoms with E-state index in [0.29, 0.717) is 5.54 Å². The predicted molar refractivity (Wildman–Crippen MR) is 64.9 cm³/mol. The Kier molecular flexibility index (Phi) is 3.09. The summed E-state index contributed by atoms with van der Waals surface area (Å²) < 4.78 is 1.44. The molecule has 0 saturated carbocycles. The molecule has 0 aromatic carbocycles. The Morgan fingerprint density at radius 2 is 1.33 bits per heavy atom. The molecule has 2 aliphatic heterocycles. The minimum absolute atomic E-state index is 0.375. The molecule has 0 aromatic rings. The van der Waals surface area contributed by atoms with Crippen LogP contribution in [0.5, 0.6) is 0 Å². The first kappa shape index (κ1) is 11.4. The molecule has 2 nitrogen and oxygen atoms in total. The maximum atomic E-state index is 2.66. The highest BCUT2D eigenvalue weighted by molar-refractivity contribution is 4.78. The molecular weight excluding hydrogens is 184 g/mol. The molecule has 2 fully saturated rings. The fourth-order valence-corrected chi connectivity index (χ4v) is 3.19. The van der Waals surface area contributed by atoms with Crippen LogP contribution in [0.1, 0.15) is 40.0 Å². The first-order chi connectivity index (χ1) is 7.02. The van der Waals surface area contributed by atoms with Crippen molar-refractivity contribution in [3.8, 4) is 0 Å². The Balaban J connectivity index is 1.91. The van der Waals surface area contributed by atoms with Gasteiger partial charge in [-0.1, -0.05) is 0 Å². The topological polar surface area (TPSA) is 3.24 Å². The van der Waals surface area contributed by atoms with Gasteiger partial charge in [-0.2, -0.15) is 0 Å². The highest BCUT2D eigenvalue weighted by Gasteiger charge is 2.36. The van der Waals surface area contributed by atoms with Crippen LogP contribution in [0, 0.1) is 0 Å². The number of nitrogens with zero attached hydrogens (tertiary/aromatic N) is 2. The zero-order chi connectivity index (χ0) is 10.9. The summed E-state index contributed by atoms with van der Waals surface area (Å²) in [5.74, 6) is 0. The monoisotopic (exact) mass is 211 g/mol. The van der Waals surface area contributed by atoms with E-state index in [0.717, 1.165) is 0 Å². The molecular formula is C13H27N2+. The van der Waals surface area contributed by atoms with E-state index in [9.17, 15) is 0 Å². The summed E-state index contributed by atoms with van der Waals surface area (Å²) in [5.41, 5.74) is 0.375. The second-order valence-electron chi connectivity index (χ2n) is 6.45. The largest absolute Gasteiger partial charge is 0.321 e. The molecule has 2 heteroatoms. The average molecular weight is 211 g/mol. The van der Waals surface area contributed by atoms with Crippen molar-refractivity contribution in [3.05, 3.63) is 0 Å². The van der Waals surface area contributed by atoms with Crippen LogP contribution >= 0.6 is 0 Å². The predicted octanol–water partition coefficient (Wildman–Crippen LogP) is 2.10. The zero-order valence-corrected chi connectivity index (χ0v) is 10.8. The third-order valence-corrected chi connectivity index (χ3v) is 4.40. The molecule has 0 aromatic heterocycles. The van der Waals surface area contributed by atoms with E-state index < -0.39 is 0 Å². The molecule has 0 unspecified atom stereocenters. The van der Waals surface area contributed by atoms with Crippen molar-refractivity contribution < 1.29 is 4.48 Å². The number of quaternary nitrogens is 1. The quantitative estimate of drug-likeness (QED) is 0.555. The molecule has 0 atom stereocenters. The lowest BCUT2D eigenvalue weighted by Gasteiger charge is -2.50. The highest BCUT2D eigenvalue weighted by atomic mass is 15.4. The van der Waals surface area contributed by atoms with Crippen molar-refractivity contribution in [2.75, 3.05) is 39.3 Å². The van der Waals surface area contributed by atoms with Gasteiger partial charge in [-0.3, -0.25) is 4.90 Å². The SMILES string of the molecule is CC(C)(C)N1CC[N+]2(CCCCC2)CC1. The van der Waals surface area contributed by atoms with Crippen molar-refractivity contribution in [3.63, 3.8) is 0 Å². The van der Waals surface area contributed by atoms with Crippen LogP contribution in [0.2, 0.25) is 0 Å². The van der Waals surface area contributed by atoms with Gasteiger partial charge in [0.15, 0.2) is 0 Å². The van der Waals surface area contributed by atoms with Crippen LogP contribution in [0.25, 0.3) is 0 Å². The Morgan fingerprint density at radius 3 is 1.80 bits per heavy atom. The molecule has 2 saturated heterocycles. The number of piperazine rings is 1. The molecule has 0 aliphatic carbocycles. The Morgan fingerprint density at radius 1 is 0.800 bits per heavy atom. The van der Waals surface area contributed by atoms with Gasteiger partial charge >= 0.3 is 0 Å². The zero-order valence-electron chi connectivity index (χ0n) is 10.8.